The molecule has 0 aliphatic rings. The zero-order valence-corrected chi connectivity index (χ0v) is 16.7. The van der Waals surface area contributed by atoms with Crippen LogP contribution in [-0.2, 0) is 25.1 Å². The van der Waals surface area contributed by atoms with Gasteiger partial charge in [0.1, 0.15) is 0 Å². The Morgan fingerprint density at radius 1 is 1.15 bits per heavy atom. The fraction of sp³-hybridized carbons (Fsp3) is 0.263. The van der Waals surface area contributed by atoms with Crippen LogP contribution in [0.2, 0.25) is 5.02 Å². The van der Waals surface area contributed by atoms with Gasteiger partial charge in [-0.2, -0.15) is 0 Å². The van der Waals surface area contributed by atoms with Crippen molar-refractivity contribution < 1.29 is 22.7 Å². The van der Waals surface area contributed by atoms with Crippen LogP contribution in [0.1, 0.15) is 28.4 Å². The van der Waals surface area contributed by atoms with Crippen LogP contribution in [0, 0.1) is 6.92 Å². The second-order valence-electron chi connectivity index (χ2n) is 6.22. The number of anilines is 1. The zero-order valence-electron chi connectivity index (χ0n) is 15.2. The monoisotopic (exact) mass is 409 g/mol. The maximum atomic E-state index is 12.3. The van der Waals surface area contributed by atoms with Crippen LogP contribution >= 0.6 is 11.6 Å². The Hall–Kier alpha value is -2.38. The predicted octanol–water partition coefficient (Wildman–Crippen LogP) is 3.38. The number of sulfone groups is 1. The topological polar surface area (TPSA) is 89.5 Å². The lowest BCUT2D eigenvalue weighted by Gasteiger charge is -2.15. The summed E-state index contributed by atoms with van der Waals surface area (Å²) in [5, 5.41) is 3.20. The SMILES string of the molecule is Cc1c(Cl)cccc1NC(=O)[C@@H](C)OC(=O)c1ccc(CS(C)(=O)=O)cc1. The van der Waals surface area contributed by atoms with Crippen LogP contribution in [0.5, 0.6) is 0 Å². The number of halogens is 1. The van der Waals surface area contributed by atoms with Gasteiger partial charge in [0, 0.05) is 17.0 Å². The van der Waals surface area contributed by atoms with Crippen molar-refractivity contribution >= 4 is 39.0 Å². The van der Waals surface area contributed by atoms with Gasteiger partial charge in [0.25, 0.3) is 5.91 Å². The summed E-state index contributed by atoms with van der Waals surface area (Å²) in [6, 6.07) is 11.1. The van der Waals surface area contributed by atoms with E-state index in [4.69, 9.17) is 16.3 Å². The molecule has 0 fully saturated rings. The van der Waals surface area contributed by atoms with Gasteiger partial charge in [-0.25, -0.2) is 13.2 Å². The number of rotatable bonds is 6. The van der Waals surface area contributed by atoms with Gasteiger partial charge in [-0.1, -0.05) is 29.8 Å². The third-order valence-corrected chi connectivity index (χ3v) is 5.06. The maximum absolute atomic E-state index is 12.3. The molecule has 144 valence electrons. The molecule has 1 amide bonds. The summed E-state index contributed by atoms with van der Waals surface area (Å²) >= 11 is 6.02. The van der Waals surface area contributed by atoms with E-state index in [2.05, 4.69) is 5.32 Å². The molecule has 8 heteroatoms. The van der Waals surface area contributed by atoms with Gasteiger partial charge in [-0.15, -0.1) is 0 Å². The molecule has 0 unspecified atom stereocenters. The van der Waals surface area contributed by atoms with Crippen LogP contribution in [0.3, 0.4) is 0 Å². The van der Waals surface area contributed by atoms with Gasteiger partial charge >= 0.3 is 5.97 Å². The molecule has 1 N–H and O–H groups in total. The zero-order chi connectivity index (χ0) is 20.2. The molecule has 0 bridgehead atoms. The highest BCUT2D eigenvalue weighted by molar-refractivity contribution is 7.89. The molecule has 0 spiro atoms. The summed E-state index contributed by atoms with van der Waals surface area (Å²) < 4.78 is 27.8. The minimum absolute atomic E-state index is 0.111. The molecule has 0 saturated heterocycles. The maximum Gasteiger partial charge on any atom is 0.338 e. The Morgan fingerprint density at radius 2 is 1.78 bits per heavy atom. The van der Waals surface area contributed by atoms with Crippen molar-refractivity contribution in [1.82, 2.24) is 0 Å². The normalized spacial score (nSPS) is 12.3. The number of amides is 1. The first-order chi connectivity index (χ1) is 12.6. The highest BCUT2D eigenvalue weighted by Crippen LogP contribution is 2.23. The quantitative estimate of drug-likeness (QED) is 0.738. The number of carbonyl (C=O) groups excluding carboxylic acids is 2. The number of esters is 1. The number of ether oxygens (including phenoxy) is 1. The lowest BCUT2D eigenvalue weighted by Crippen LogP contribution is -2.30. The van der Waals surface area contributed by atoms with Gasteiger partial charge in [-0.3, -0.25) is 4.79 Å². The van der Waals surface area contributed by atoms with Crippen LogP contribution in [0.25, 0.3) is 0 Å². The van der Waals surface area contributed by atoms with E-state index in [1.807, 2.05) is 0 Å². The third kappa shape index (κ3) is 6.08. The lowest BCUT2D eigenvalue weighted by molar-refractivity contribution is -0.123. The highest BCUT2D eigenvalue weighted by atomic mass is 35.5. The van der Waals surface area contributed by atoms with E-state index in [0.29, 0.717) is 21.8 Å². The van der Waals surface area contributed by atoms with Crippen molar-refractivity contribution in [3.8, 4) is 0 Å². The molecule has 2 aromatic carbocycles. The van der Waals surface area contributed by atoms with Crippen molar-refractivity contribution in [2.24, 2.45) is 0 Å². The third-order valence-electron chi connectivity index (χ3n) is 3.80. The van der Waals surface area contributed by atoms with E-state index in [-0.39, 0.29) is 11.3 Å². The summed E-state index contributed by atoms with van der Waals surface area (Å²) in [5.41, 5.74) is 2.05. The molecule has 0 radical (unpaired) electrons. The van der Waals surface area contributed by atoms with E-state index >= 15 is 0 Å². The predicted molar refractivity (Wildman–Crippen MR) is 105 cm³/mol. The molecular formula is C19H20ClNO5S. The van der Waals surface area contributed by atoms with Crippen LogP contribution in [-0.4, -0.2) is 32.7 Å². The van der Waals surface area contributed by atoms with Crippen molar-refractivity contribution in [1.29, 1.82) is 0 Å². The van der Waals surface area contributed by atoms with Crippen molar-refractivity contribution in [3.05, 3.63) is 64.2 Å². The van der Waals surface area contributed by atoms with E-state index in [9.17, 15) is 18.0 Å². The molecule has 2 aromatic rings. The van der Waals surface area contributed by atoms with Gasteiger partial charge in [0.15, 0.2) is 15.9 Å². The van der Waals surface area contributed by atoms with E-state index in [1.54, 1.807) is 25.1 Å². The van der Waals surface area contributed by atoms with Crippen LogP contribution in [0.4, 0.5) is 5.69 Å². The summed E-state index contributed by atoms with van der Waals surface area (Å²) in [7, 11) is -3.16. The van der Waals surface area contributed by atoms with Crippen LogP contribution < -0.4 is 5.32 Å². The highest BCUT2D eigenvalue weighted by Gasteiger charge is 2.20. The largest absolute Gasteiger partial charge is 0.449 e. The average Bonchev–Trinajstić information content (AvgIpc) is 2.58. The lowest BCUT2D eigenvalue weighted by atomic mass is 10.1. The molecule has 2 rings (SSSR count). The summed E-state index contributed by atoms with van der Waals surface area (Å²) in [6.07, 6.45) is 0.114. The summed E-state index contributed by atoms with van der Waals surface area (Å²) in [4.78, 5) is 24.4. The molecule has 0 heterocycles. The Balaban J connectivity index is 2.00. The molecule has 0 aromatic heterocycles. The number of hydrogen-bond acceptors (Lipinski definition) is 5. The van der Waals surface area contributed by atoms with E-state index in [1.165, 1.54) is 31.2 Å². The Labute approximate surface area is 163 Å². The minimum atomic E-state index is -3.16. The van der Waals surface area contributed by atoms with Gasteiger partial charge in [0.2, 0.25) is 0 Å². The fourth-order valence-electron chi connectivity index (χ4n) is 2.30. The minimum Gasteiger partial charge on any atom is -0.449 e. The molecular weight excluding hydrogens is 390 g/mol. The first kappa shape index (κ1) is 20.9. The second-order valence-corrected chi connectivity index (χ2v) is 8.76. The van der Waals surface area contributed by atoms with Crippen molar-refractivity contribution in [2.45, 2.75) is 25.7 Å². The molecule has 27 heavy (non-hydrogen) atoms. The second kappa shape index (κ2) is 8.54. The van der Waals surface area contributed by atoms with Gasteiger partial charge in [0.05, 0.1) is 11.3 Å². The first-order valence-corrected chi connectivity index (χ1v) is 10.5. The number of carbonyl (C=O) groups is 2. The van der Waals surface area contributed by atoms with Gasteiger partial charge < -0.3 is 10.1 Å². The number of nitrogens with one attached hydrogen (secondary N) is 1. The Bertz CT molecular complexity index is 955. The Morgan fingerprint density at radius 3 is 2.37 bits per heavy atom. The summed E-state index contributed by atoms with van der Waals surface area (Å²) in [5.74, 6) is -1.27. The molecule has 0 aliphatic heterocycles. The summed E-state index contributed by atoms with van der Waals surface area (Å²) in [6.45, 7) is 3.23. The Kier molecular flexibility index (Phi) is 6.62. The van der Waals surface area contributed by atoms with E-state index in [0.717, 1.165) is 6.26 Å². The standard InChI is InChI=1S/C19H20ClNO5S/c1-12-16(20)5-4-6-17(12)21-18(22)13(2)26-19(23)15-9-7-14(8-10-15)11-27(3,24)25/h4-10,13H,11H2,1-3H3,(H,21,22)/t13-/m1/s1. The van der Waals surface area contributed by atoms with Gasteiger partial charge in [-0.05, 0) is 49.2 Å². The average molecular weight is 410 g/mol. The van der Waals surface area contributed by atoms with E-state index < -0.39 is 27.8 Å². The fourth-order valence-corrected chi connectivity index (χ4v) is 3.27. The smallest absolute Gasteiger partial charge is 0.338 e. The molecule has 1 atom stereocenters. The molecule has 0 saturated carbocycles. The van der Waals surface area contributed by atoms with Crippen LogP contribution in [0.15, 0.2) is 42.5 Å². The first-order valence-electron chi connectivity index (χ1n) is 8.10. The van der Waals surface area contributed by atoms with Crippen molar-refractivity contribution in [2.75, 3.05) is 11.6 Å². The molecule has 6 nitrogen and oxygen atoms in total. The number of hydrogen-bond donors (Lipinski definition) is 1. The molecule has 0 aliphatic carbocycles. The van der Waals surface area contributed by atoms with Crippen molar-refractivity contribution in [3.63, 3.8) is 0 Å². The number of benzene rings is 2.